The normalized spacial score (nSPS) is 11.2. The smallest absolute Gasteiger partial charge is 0.143 e. The lowest BCUT2D eigenvalue weighted by Gasteiger charge is -2.26. The first kappa shape index (κ1) is 23.1. The first-order valence-corrected chi connectivity index (χ1v) is 13.3. The van der Waals surface area contributed by atoms with Crippen molar-refractivity contribution >= 4 is 33.3 Å². The van der Waals surface area contributed by atoms with E-state index in [4.69, 9.17) is 4.42 Å². The van der Waals surface area contributed by atoms with E-state index in [9.17, 15) is 0 Å². The molecule has 0 unspecified atom stereocenters. The highest BCUT2D eigenvalue weighted by Gasteiger charge is 2.18. The molecule has 1 heterocycles. The highest BCUT2D eigenvalue weighted by Crippen LogP contribution is 2.42. The Morgan fingerprint density at radius 3 is 1.79 bits per heavy atom. The molecule has 1 aromatic heterocycles. The molecule has 2 heteroatoms. The summed E-state index contributed by atoms with van der Waals surface area (Å²) in [6.07, 6.45) is 0. The molecule has 7 aromatic rings. The Labute approximate surface area is 228 Å². The quantitative estimate of drug-likeness (QED) is 0.233. The third-order valence-corrected chi connectivity index (χ3v) is 7.51. The number of fused-ring (bicyclic) bond motifs is 3. The molecule has 0 aliphatic rings. The van der Waals surface area contributed by atoms with Crippen molar-refractivity contribution in [3.63, 3.8) is 0 Å². The van der Waals surface area contributed by atoms with Crippen molar-refractivity contribution in [3.8, 4) is 33.4 Å². The van der Waals surface area contributed by atoms with Crippen molar-refractivity contribution in [2.75, 3.05) is 11.9 Å². The van der Waals surface area contributed by atoms with Crippen LogP contribution in [0.25, 0.3) is 55.3 Å². The van der Waals surface area contributed by atoms with Gasteiger partial charge in [-0.1, -0.05) is 127 Å². The number of hydrogen-bond donors (Lipinski definition) is 0. The monoisotopic (exact) mass is 501 g/mol. The van der Waals surface area contributed by atoms with Gasteiger partial charge in [0.1, 0.15) is 11.2 Å². The first-order chi connectivity index (χ1) is 19.3. The maximum absolute atomic E-state index is 6.40. The van der Waals surface area contributed by atoms with Gasteiger partial charge in [-0.2, -0.15) is 0 Å². The fourth-order valence-electron chi connectivity index (χ4n) is 5.57. The van der Waals surface area contributed by atoms with Crippen molar-refractivity contribution in [1.29, 1.82) is 0 Å². The molecule has 0 atom stereocenters. The fraction of sp³-hybridized carbons (Fsp3) is 0.0270. The predicted molar refractivity (Wildman–Crippen MR) is 165 cm³/mol. The summed E-state index contributed by atoms with van der Waals surface area (Å²) in [7, 11) is 2.16. The summed E-state index contributed by atoms with van der Waals surface area (Å²) in [5.41, 5.74) is 11.1. The fourth-order valence-corrected chi connectivity index (χ4v) is 5.57. The van der Waals surface area contributed by atoms with E-state index in [1.807, 2.05) is 12.1 Å². The summed E-state index contributed by atoms with van der Waals surface area (Å²) < 4.78 is 6.40. The van der Waals surface area contributed by atoms with Gasteiger partial charge < -0.3 is 9.32 Å². The van der Waals surface area contributed by atoms with Crippen LogP contribution in [0.2, 0.25) is 0 Å². The molecule has 39 heavy (non-hydrogen) atoms. The van der Waals surface area contributed by atoms with E-state index in [0.717, 1.165) is 44.4 Å². The van der Waals surface area contributed by atoms with Crippen molar-refractivity contribution in [2.24, 2.45) is 0 Å². The average Bonchev–Trinajstić information content (AvgIpc) is 3.40. The third-order valence-electron chi connectivity index (χ3n) is 7.51. The van der Waals surface area contributed by atoms with Gasteiger partial charge in [0.2, 0.25) is 0 Å². The van der Waals surface area contributed by atoms with Crippen LogP contribution in [0.15, 0.2) is 150 Å². The van der Waals surface area contributed by atoms with E-state index in [0.29, 0.717) is 0 Å². The molecule has 0 saturated carbocycles. The minimum Gasteiger partial charge on any atom is -0.455 e. The van der Waals surface area contributed by atoms with Crippen LogP contribution in [0.1, 0.15) is 0 Å². The Balaban J connectivity index is 1.44. The van der Waals surface area contributed by atoms with Gasteiger partial charge in [0.05, 0.1) is 0 Å². The van der Waals surface area contributed by atoms with Gasteiger partial charge in [-0.3, -0.25) is 0 Å². The Morgan fingerprint density at radius 2 is 1.03 bits per heavy atom. The van der Waals surface area contributed by atoms with Crippen LogP contribution in [0, 0.1) is 0 Å². The van der Waals surface area contributed by atoms with Crippen molar-refractivity contribution < 1.29 is 4.42 Å². The molecule has 0 aliphatic carbocycles. The van der Waals surface area contributed by atoms with E-state index in [2.05, 4.69) is 145 Å². The lowest BCUT2D eigenvalue weighted by molar-refractivity contribution is 0.670. The van der Waals surface area contributed by atoms with Crippen LogP contribution in [-0.2, 0) is 0 Å². The number of benzene rings is 6. The SMILES string of the molecule is CN(c1ccccc1-c1ccccc1)c1cc(-c2cccc3c2oc2ccccc23)ccc1-c1ccccc1. The molecule has 0 fully saturated rings. The molecule has 6 aromatic carbocycles. The maximum atomic E-state index is 6.40. The van der Waals surface area contributed by atoms with Crippen molar-refractivity contribution in [2.45, 2.75) is 0 Å². The van der Waals surface area contributed by atoms with Gasteiger partial charge in [0.15, 0.2) is 0 Å². The summed E-state index contributed by atoms with van der Waals surface area (Å²) >= 11 is 0. The van der Waals surface area contributed by atoms with Gasteiger partial charge >= 0.3 is 0 Å². The molecular weight excluding hydrogens is 474 g/mol. The number of rotatable bonds is 5. The van der Waals surface area contributed by atoms with Crippen molar-refractivity contribution in [3.05, 3.63) is 146 Å². The molecular formula is C37H27NO. The first-order valence-electron chi connectivity index (χ1n) is 13.3. The van der Waals surface area contributed by atoms with Gasteiger partial charge in [0.25, 0.3) is 0 Å². The molecule has 0 radical (unpaired) electrons. The Bertz CT molecular complexity index is 1920. The van der Waals surface area contributed by atoms with Crippen LogP contribution in [0.4, 0.5) is 11.4 Å². The predicted octanol–water partition coefficient (Wildman–Crippen LogP) is 10.4. The average molecular weight is 502 g/mol. The molecule has 0 spiro atoms. The summed E-state index contributed by atoms with van der Waals surface area (Å²) in [5.74, 6) is 0. The van der Waals surface area contributed by atoms with Gasteiger partial charge in [-0.05, 0) is 34.9 Å². The zero-order valence-electron chi connectivity index (χ0n) is 21.7. The summed E-state index contributed by atoms with van der Waals surface area (Å²) in [5, 5.41) is 2.28. The second kappa shape index (κ2) is 9.66. The number of anilines is 2. The molecule has 0 aliphatic heterocycles. The van der Waals surface area contributed by atoms with Crippen molar-refractivity contribution in [1.82, 2.24) is 0 Å². The van der Waals surface area contributed by atoms with Crippen LogP contribution < -0.4 is 4.90 Å². The highest BCUT2D eigenvalue weighted by molar-refractivity contribution is 6.09. The topological polar surface area (TPSA) is 16.4 Å². The zero-order valence-corrected chi connectivity index (χ0v) is 21.7. The number of nitrogens with zero attached hydrogens (tertiary/aromatic N) is 1. The minimum atomic E-state index is 0.912. The van der Waals surface area contributed by atoms with Gasteiger partial charge in [0, 0.05) is 45.9 Å². The Hall–Kier alpha value is -5.08. The molecule has 0 amide bonds. The largest absolute Gasteiger partial charge is 0.455 e. The summed E-state index contributed by atoms with van der Waals surface area (Å²) in [6.45, 7) is 0. The zero-order chi connectivity index (χ0) is 26.2. The van der Waals surface area contributed by atoms with E-state index >= 15 is 0 Å². The molecule has 0 bridgehead atoms. The molecule has 0 saturated heterocycles. The van der Waals surface area contributed by atoms with Crippen LogP contribution in [-0.4, -0.2) is 7.05 Å². The Morgan fingerprint density at radius 1 is 0.436 bits per heavy atom. The van der Waals surface area contributed by atoms with Crippen LogP contribution >= 0.6 is 0 Å². The number of furan rings is 1. The van der Waals surface area contributed by atoms with E-state index < -0.39 is 0 Å². The van der Waals surface area contributed by atoms with E-state index in [1.165, 1.54) is 22.3 Å². The van der Waals surface area contributed by atoms with Gasteiger partial charge in [-0.15, -0.1) is 0 Å². The third kappa shape index (κ3) is 4.07. The number of para-hydroxylation sites is 3. The lowest BCUT2D eigenvalue weighted by Crippen LogP contribution is -2.12. The minimum absolute atomic E-state index is 0.912. The highest BCUT2D eigenvalue weighted by atomic mass is 16.3. The second-order valence-corrected chi connectivity index (χ2v) is 9.82. The summed E-state index contributed by atoms with van der Waals surface area (Å²) in [4.78, 5) is 2.31. The summed E-state index contributed by atoms with van der Waals surface area (Å²) in [6, 6.07) is 51.2. The van der Waals surface area contributed by atoms with E-state index in [1.54, 1.807) is 0 Å². The maximum Gasteiger partial charge on any atom is 0.143 e. The second-order valence-electron chi connectivity index (χ2n) is 9.82. The molecule has 7 rings (SSSR count). The molecule has 2 nitrogen and oxygen atoms in total. The molecule has 0 N–H and O–H groups in total. The standard InChI is InChI=1S/C37H27NO/c1-38(34-21-10-8-17-29(34)26-13-4-2-5-14-26)35-25-28(23-24-30(35)27-15-6-3-7-16-27)31-19-12-20-33-32-18-9-11-22-36(32)39-37(31)33/h2-25H,1H3. The van der Waals surface area contributed by atoms with Crippen LogP contribution in [0.3, 0.4) is 0 Å². The lowest BCUT2D eigenvalue weighted by atomic mass is 9.95. The van der Waals surface area contributed by atoms with Crippen LogP contribution in [0.5, 0.6) is 0 Å². The van der Waals surface area contributed by atoms with E-state index in [-0.39, 0.29) is 0 Å². The van der Waals surface area contributed by atoms with Gasteiger partial charge in [-0.25, -0.2) is 0 Å². The number of hydrogen-bond acceptors (Lipinski definition) is 2. The Kier molecular flexibility index (Phi) is 5.71. The molecule has 186 valence electrons.